The zero-order valence-electron chi connectivity index (χ0n) is 12.2. The number of hydrogen-bond acceptors (Lipinski definition) is 2. The van der Waals surface area contributed by atoms with E-state index >= 15 is 0 Å². The highest BCUT2D eigenvalue weighted by atomic mass is 19.4. The summed E-state index contributed by atoms with van der Waals surface area (Å²) >= 11 is 0. The highest BCUT2D eigenvalue weighted by molar-refractivity contribution is 5.76. The fourth-order valence-electron chi connectivity index (χ4n) is 2.58. The number of nitrogens with one attached hydrogen (secondary N) is 1. The first-order valence-electron chi connectivity index (χ1n) is 7.16. The number of hydrogen-bond donors (Lipinski definition) is 1. The fraction of sp³-hybridized carbons (Fsp3) is 0.714. The number of alkyl halides is 3. The smallest absolute Gasteiger partial charge is 0.342 e. The highest BCUT2D eigenvalue weighted by Crippen LogP contribution is 2.29. The van der Waals surface area contributed by atoms with Gasteiger partial charge in [-0.1, -0.05) is 13.8 Å². The summed E-state index contributed by atoms with van der Waals surface area (Å²) < 4.78 is 36.7. The van der Waals surface area contributed by atoms with E-state index in [0.29, 0.717) is 31.8 Å². The molecule has 4 nitrogen and oxygen atoms in total. The average Bonchev–Trinajstić information content (AvgIpc) is 2.86. The quantitative estimate of drug-likeness (QED) is 0.932. The second-order valence-corrected chi connectivity index (χ2v) is 5.85. The summed E-state index contributed by atoms with van der Waals surface area (Å²) in [6.07, 6.45) is -4.45. The van der Waals surface area contributed by atoms with E-state index in [-0.39, 0.29) is 5.92 Å². The fourth-order valence-corrected chi connectivity index (χ4v) is 2.58. The summed E-state index contributed by atoms with van der Waals surface area (Å²) in [6, 6.07) is 2.02. The highest BCUT2D eigenvalue weighted by Gasteiger charge is 2.35. The summed E-state index contributed by atoms with van der Waals surface area (Å²) in [5.41, 5.74) is 2.00. The van der Waals surface area contributed by atoms with Gasteiger partial charge >= 0.3 is 6.18 Å². The van der Waals surface area contributed by atoms with Gasteiger partial charge in [0, 0.05) is 24.7 Å². The Bertz CT molecular complexity index is 488. The Labute approximate surface area is 121 Å². The molecule has 1 N–H and O–H groups in total. The SMILES string of the molecule is CC(C)c1cc(C2CCN(C(=O)CC(F)(F)F)CC2)[nH]n1. The van der Waals surface area contributed by atoms with Gasteiger partial charge in [0.15, 0.2) is 0 Å². The van der Waals surface area contributed by atoms with Crippen LogP contribution in [0.15, 0.2) is 6.07 Å². The van der Waals surface area contributed by atoms with E-state index in [1.54, 1.807) is 0 Å². The molecule has 1 amide bonds. The number of amides is 1. The molecule has 0 aromatic carbocycles. The van der Waals surface area contributed by atoms with E-state index in [1.165, 1.54) is 4.90 Å². The molecule has 0 spiro atoms. The third-order valence-electron chi connectivity index (χ3n) is 3.85. The number of aromatic amines is 1. The Balaban J connectivity index is 1.89. The molecule has 0 bridgehead atoms. The molecule has 2 rings (SSSR count). The number of rotatable bonds is 3. The minimum absolute atomic E-state index is 0.236. The summed E-state index contributed by atoms with van der Waals surface area (Å²) in [4.78, 5) is 12.8. The van der Waals surface area contributed by atoms with Gasteiger partial charge in [0.25, 0.3) is 0 Å². The molecular formula is C14H20F3N3O. The van der Waals surface area contributed by atoms with Crippen molar-refractivity contribution in [1.82, 2.24) is 15.1 Å². The van der Waals surface area contributed by atoms with Gasteiger partial charge in [0.1, 0.15) is 6.42 Å². The van der Waals surface area contributed by atoms with Crippen LogP contribution in [0.2, 0.25) is 0 Å². The van der Waals surface area contributed by atoms with Gasteiger partial charge < -0.3 is 4.90 Å². The molecule has 0 atom stereocenters. The monoisotopic (exact) mass is 303 g/mol. The van der Waals surface area contributed by atoms with Crippen LogP contribution in [-0.2, 0) is 4.79 Å². The number of H-pyrrole nitrogens is 1. The van der Waals surface area contributed by atoms with E-state index in [9.17, 15) is 18.0 Å². The van der Waals surface area contributed by atoms with Crippen LogP contribution in [0.4, 0.5) is 13.2 Å². The lowest BCUT2D eigenvalue weighted by atomic mass is 9.92. The first-order valence-corrected chi connectivity index (χ1v) is 7.16. The van der Waals surface area contributed by atoms with Gasteiger partial charge in [-0.2, -0.15) is 18.3 Å². The number of halogens is 3. The Morgan fingerprint density at radius 1 is 1.43 bits per heavy atom. The third kappa shape index (κ3) is 4.22. The molecule has 1 fully saturated rings. The van der Waals surface area contributed by atoms with Crippen molar-refractivity contribution in [3.05, 3.63) is 17.5 Å². The lowest BCUT2D eigenvalue weighted by Crippen LogP contribution is -2.39. The van der Waals surface area contributed by atoms with E-state index < -0.39 is 18.5 Å². The van der Waals surface area contributed by atoms with Crippen LogP contribution in [0.5, 0.6) is 0 Å². The zero-order chi connectivity index (χ0) is 15.6. The summed E-state index contributed by atoms with van der Waals surface area (Å²) in [5.74, 6) is -0.253. The summed E-state index contributed by atoms with van der Waals surface area (Å²) in [6.45, 7) is 4.85. The van der Waals surface area contributed by atoms with Crippen LogP contribution in [0.3, 0.4) is 0 Å². The van der Waals surface area contributed by atoms with Crippen LogP contribution in [0, 0.1) is 0 Å². The van der Waals surface area contributed by atoms with E-state index in [1.807, 2.05) is 6.07 Å². The maximum atomic E-state index is 12.2. The average molecular weight is 303 g/mol. The molecule has 1 aromatic heterocycles. The Morgan fingerprint density at radius 3 is 2.52 bits per heavy atom. The number of carbonyl (C=O) groups is 1. The number of nitrogens with zero attached hydrogens (tertiary/aromatic N) is 2. The van der Waals surface area contributed by atoms with Crippen molar-refractivity contribution in [3.8, 4) is 0 Å². The van der Waals surface area contributed by atoms with Gasteiger partial charge in [-0.3, -0.25) is 9.89 Å². The number of carbonyl (C=O) groups excluding carboxylic acids is 1. The van der Waals surface area contributed by atoms with Crippen molar-refractivity contribution in [1.29, 1.82) is 0 Å². The molecule has 118 valence electrons. The maximum absolute atomic E-state index is 12.2. The van der Waals surface area contributed by atoms with Crippen molar-refractivity contribution < 1.29 is 18.0 Å². The van der Waals surface area contributed by atoms with Crippen LogP contribution >= 0.6 is 0 Å². The van der Waals surface area contributed by atoms with E-state index in [4.69, 9.17) is 0 Å². The molecule has 0 radical (unpaired) electrons. The van der Waals surface area contributed by atoms with E-state index in [2.05, 4.69) is 24.0 Å². The minimum Gasteiger partial charge on any atom is -0.342 e. The second-order valence-electron chi connectivity index (χ2n) is 5.85. The van der Waals surface area contributed by atoms with Gasteiger partial charge in [-0.15, -0.1) is 0 Å². The largest absolute Gasteiger partial charge is 0.397 e. The molecule has 0 saturated carbocycles. The standard InChI is InChI=1S/C14H20F3N3O/c1-9(2)11-7-12(19-18-11)10-3-5-20(6-4-10)13(21)8-14(15,16)17/h7,9-10H,3-6,8H2,1-2H3,(H,18,19). The third-order valence-corrected chi connectivity index (χ3v) is 3.85. The lowest BCUT2D eigenvalue weighted by molar-refractivity contribution is -0.162. The van der Waals surface area contributed by atoms with Crippen molar-refractivity contribution >= 4 is 5.91 Å². The molecule has 0 aliphatic carbocycles. The molecule has 0 unspecified atom stereocenters. The van der Waals surface area contributed by atoms with Gasteiger partial charge in [-0.05, 0) is 24.8 Å². The molecule has 1 saturated heterocycles. The second kappa shape index (κ2) is 6.07. The first kappa shape index (κ1) is 15.9. The molecular weight excluding hydrogens is 283 g/mol. The predicted molar refractivity (Wildman–Crippen MR) is 71.9 cm³/mol. The Morgan fingerprint density at radius 2 is 2.05 bits per heavy atom. The topological polar surface area (TPSA) is 49.0 Å². The molecule has 1 aliphatic rings. The normalized spacial score (nSPS) is 17.5. The molecule has 2 heterocycles. The van der Waals surface area contributed by atoms with Crippen LogP contribution in [-0.4, -0.2) is 40.3 Å². The number of aromatic nitrogens is 2. The number of piperidine rings is 1. The summed E-state index contributed by atoms with van der Waals surface area (Å²) in [5, 5.41) is 7.24. The molecule has 1 aliphatic heterocycles. The first-order chi connectivity index (χ1) is 9.76. The molecule has 7 heteroatoms. The maximum Gasteiger partial charge on any atom is 0.397 e. The van der Waals surface area contributed by atoms with Crippen LogP contribution < -0.4 is 0 Å². The van der Waals surface area contributed by atoms with Crippen molar-refractivity contribution in [3.63, 3.8) is 0 Å². The van der Waals surface area contributed by atoms with Crippen molar-refractivity contribution in [2.75, 3.05) is 13.1 Å². The van der Waals surface area contributed by atoms with Gasteiger partial charge in [-0.25, -0.2) is 0 Å². The van der Waals surface area contributed by atoms with Gasteiger partial charge in [0.05, 0.1) is 5.69 Å². The number of likely N-dealkylation sites (tertiary alicyclic amines) is 1. The Hall–Kier alpha value is -1.53. The zero-order valence-corrected chi connectivity index (χ0v) is 12.2. The molecule has 21 heavy (non-hydrogen) atoms. The Kier molecular flexibility index (Phi) is 4.58. The van der Waals surface area contributed by atoms with Crippen molar-refractivity contribution in [2.45, 2.75) is 51.1 Å². The predicted octanol–water partition coefficient (Wildman–Crippen LogP) is 3.19. The molecule has 1 aromatic rings. The van der Waals surface area contributed by atoms with Crippen LogP contribution in [0.25, 0.3) is 0 Å². The van der Waals surface area contributed by atoms with Gasteiger partial charge in [0.2, 0.25) is 5.91 Å². The van der Waals surface area contributed by atoms with Crippen molar-refractivity contribution in [2.24, 2.45) is 0 Å². The minimum atomic E-state index is -4.43. The van der Waals surface area contributed by atoms with Crippen LogP contribution in [0.1, 0.15) is 56.3 Å². The summed E-state index contributed by atoms with van der Waals surface area (Å²) in [7, 11) is 0. The van der Waals surface area contributed by atoms with E-state index in [0.717, 1.165) is 11.4 Å². The lowest BCUT2D eigenvalue weighted by Gasteiger charge is -2.31.